The number of oxazole rings is 1. The molecule has 0 aliphatic heterocycles. The molecule has 0 saturated heterocycles. The van der Waals surface area contributed by atoms with Gasteiger partial charge in [-0.2, -0.15) is 4.98 Å². The Hall–Kier alpha value is -1.75. The van der Waals surface area contributed by atoms with E-state index >= 15 is 0 Å². The number of nitrogen functional groups attached to an aromatic ring is 1. The predicted octanol–water partition coefficient (Wildman–Crippen LogP) is 1.47. The van der Waals surface area contributed by atoms with Gasteiger partial charge >= 0.3 is 0 Å². The van der Waals surface area contributed by atoms with Gasteiger partial charge < -0.3 is 20.2 Å². The molecule has 1 aromatic carbocycles. The van der Waals surface area contributed by atoms with E-state index in [0.717, 1.165) is 11.1 Å². The molecule has 15 heavy (non-hydrogen) atoms. The molecule has 0 spiro atoms. The van der Waals surface area contributed by atoms with Gasteiger partial charge in [-0.15, -0.1) is 0 Å². The number of anilines is 2. The van der Waals surface area contributed by atoms with E-state index in [0.29, 0.717) is 24.9 Å². The highest BCUT2D eigenvalue weighted by atomic mass is 16.5. The van der Waals surface area contributed by atoms with Gasteiger partial charge in [0.25, 0.3) is 6.01 Å². The molecular formula is C10H13N3O2. The van der Waals surface area contributed by atoms with E-state index in [4.69, 9.17) is 14.9 Å². The molecule has 5 nitrogen and oxygen atoms in total. The highest BCUT2D eigenvalue weighted by molar-refractivity contribution is 5.78. The largest absolute Gasteiger partial charge is 0.424 e. The van der Waals surface area contributed by atoms with E-state index in [2.05, 4.69) is 10.3 Å². The second kappa shape index (κ2) is 4.18. The zero-order valence-corrected chi connectivity index (χ0v) is 8.49. The highest BCUT2D eigenvalue weighted by Crippen LogP contribution is 2.20. The monoisotopic (exact) mass is 207 g/mol. The van der Waals surface area contributed by atoms with Crippen molar-refractivity contribution in [2.75, 3.05) is 31.3 Å². The van der Waals surface area contributed by atoms with Gasteiger partial charge in [-0.25, -0.2) is 0 Å². The summed E-state index contributed by atoms with van der Waals surface area (Å²) >= 11 is 0. The van der Waals surface area contributed by atoms with Crippen LogP contribution in [-0.2, 0) is 4.74 Å². The number of rotatable bonds is 4. The van der Waals surface area contributed by atoms with Crippen LogP contribution in [0.15, 0.2) is 22.6 Å². The molecule has 0 aliphatic rings. The number of hydrogen-bond donors (Lipinski definition) is 2. The van der Waals surface area contributed by atoms with Crippen LogP contribution in [-0.4, -0.2) is 25.2 Å². The second-order valence-corrected chi connectivity index (χ2v) is 3.17. The van der Waals surface area contributed by atoms with Crippen molar-refractivity contribution in [3.63, 3.8) is 0 Å². The Bertz CT molecular complexity index is 453. The minimum atomic E-state index is 0.493. The number of hydrogen-bond acceptors (Lipinski definition) is 5. The van der Waals surface area contributed by atoms with Crippen molar-refractivity contribution >= 4 is 22.8 Å². The van der Waals surface area contributed by atoms with Crippen LogP contribution in [0.1, 0.15) is 0 Å². The Morgan fingerprint density at radius 2 is 2.40 bits per heavy atom. The van der Waals surface area contributed by atoms with Crippen LogP contribution < -0.4 is 11.1 Å². The number of aromatic nitrogens is 1. The van der Waals surface area contributed by atoms with Gasteiger partial charge in [0.2, 0.25) is 0 Å². The van der Waals surface area contributed by atoms with Crippen LogP contribution in [0, 0.1) is 0 Å². The molecule has 0 aliphatic carbocycles. The molecule has 5 heteroatoms. The lowest BCUT2D eigenvalue weighted by molar-refractivity contribution is 0.210. The van der Waals surface area contributed by atoms with Gasteiger partial charge in [-0.05, 0) is 18.2 Å². The molecular weight excluding hydrogens is 194 g/mol. The third-order valence-electron chi connectivity index (χ3n) is 1.99. The normalized spacial score (nSPS) is 10.7. The average molecular weight is 207 g/mol. The lowest BCUT2D eigenvalue weighted by atomic mass is 10.3. The third-order valence-corrected chi connectivity index (χ3v) is 1.99. The quantitative estimate of drug-likeness (QED) is 0.586. The zero-order chi connectivity index (χ0) is 10.7. The number of benzene rings is 1. The number of nitrogens with one attached hydrogen (secondary N) is 1. The molecule has 0 atom stereocenters. The summed E-state index contributed by atoms with van der Waals surface area (Å²) in [6.07, 6.45) is 0. The van der Waals surface area contributed by atoms with Gasteiger partial charge in [0.05, 0.1) is 6.61 Å². The first-order valence-electron chi connectivity index (χ1n) is 4.68. The summed E-state index contributed by atoms with van der Waals surface area (Å²) in [6.45, 7) is 1.28. The summed E-state index contributed by atoms with van der Waals surface area (Å²) in [5.74, 6) is 0. The minimum absolute atomic E-state index is 0.493. The van der Waals surface area contributed by atoms with Gasteiger partial charge in [0.1, 0.15) is 5.52 Å². The molecule has 0 radical (unpaired) electrons. The Labute approximate surface area is 87.2 Å². The molecule has 0 fully saturated rings. The number of fused-ring (bicyclic) bond motifs is 1. The summed E-state index contributed by atoms with van der Waals surface area (Å²) in [5.41, 5.74) is 7.80. The molecule has 80 valence electrons. The summed E-state index contributed by atoms with van der Waals surface area (Å²) in [5, 5.41) is 3.01. The predicted molar refractivity (Wildman–Crippen MR) is 58.8 cm³/mol. The maximum Gasteiger partial charge on any atom is 0.295 e. The first kappa shape index (κ1) is 9.79. The average Bonchev–Trinajstić information content (AvgIpc) is 2.60. The van der Waals surface area contributed by atoms with E-state index < -0.39 is 0 Å². The van der Waals surface area contributed by atoms with Crippen LogP contribution in [0.5, 0.6) is 0 Å². The fraction of sp³-hybridized carbons (Fsp3) is 0.300. The standard InChI is InChI=1S/C10H13N3O2/c1-14-5-4-12-10-13-8-6-7(11)2-3-9(8)15-10/h2-3,6H,4-5,11H2,1H3,(H,12,13). The van der Waals surface area contributed by atoms with Crippen LogP contribution in [0.25, 0.3) is 11.1 Å². The molecule has 0 amide bonds. The van der Waals surface area contributed by atoms with Gasteiger partial charge in [0, 0.05) is 19.3 Å². The Morgan fingerprint density at radius 3 is 3.20 bits per heavy atom. The maximum atomic E-state index is 5.63. The SMILES string of the molecule is COCCNc1nc2cc(N)ccc2o1. The second-order valence-electron chi connectivity index (χ2n) is 3.17. The Kier molecular flexibility index (Phi) is 2.73. The summed E-state index contributed by atoms with van der Waals surface area (Å²) < 4.78 is 10.3. The van der Waals surface area contributed by atoms with Crippen molar-refractivity contribution in [1.29, 1.82) is 0 Å². The molecule has 1 aromatic heterocycles. The molecule has 0 unspecified atom stereocenters. The Morgan fingerprint density at radius 1 is 1.53 bits per heavy atom. The molecule has 0 saturated carbocycles. The number of methoxy groups -OCH3 is 1. The van der Waals surface area contributed by atoms with Crippen molar-refractivity contribution in [2.24, 2.45) is 0 Å². The van der Waals surface area contributed by atoms with Gasteiger partial charge in [0.15, 0.2) is 5.58 Å². The van der Waals surface area contributed by atoms with Crippen LogP contribution >= 0.6 is 0 Å². The van der Waals surface area contributed by atoms with Crippen molar-refractivity contribution < 1.29 is 9.15 Å². The fourth-order valence-corrected chi connectivity index (χ4v) is 1.28. The van der Waals surface area contributed by atoms with E-state index in [9.17, 15) is 0 Å². The van der Waals surface area contributed by atoms with Crippen molar-refractivity contribution in [3.05, 3.63) is 18.2 Å². The molecule has 3 N–H and O–H groups in total. The lowest BCUT2D eigenvalue weighted by Crippen LogP contribution is -2.07. The topological polar surface area (TPSA) is 73.3 Å². The summed E-state index contributed by atoms with van der Waals surface area (Å²) in [6, 6.07) is 5.86. The van der Waals surface area contributed by atoms with E-state index in [1.54, 1.807) is 25.3 Å². The maximum absolute atomic E-state index is 5.63. The minimum Gasteiger partial charge on any atom is -0.424 e. The lowest BCUT2D eigenvalue weighted by Gasteiger charge is -1.98. The van der Waals surface area contributed by atoms with Crippen LogP contribution in [0.3, 0.4) is 0 Å². The molecule has 1 heterocycles. The number of nitrogens with zero attached hydrogens (tertiary/aromatic N) is 1. The van der Waals surface area contributed by atoms with Crippen LogP contribution in [0.2, 0.25) is 0 Å². The number of ether oxygens (including phenoxy) is 1. The fourth-order valence-electron chi connectivity index (χ4n) is 1.28. The van der Waals surface area contributed by atoms with Crippen molar-refractivity contribution in [2.45, 2.75) is 0 Å². The van der Waals surface area contributed by atoms with Crippen molar-refractivity contribution in [3.8, 4) is 0 Å². The van der Waals surface area contributed by atoms with Crippen LogP contribution in [0.4, 0.5) is 11.7 Å². The Balaban J connectivity index is 2.16. The summed E-state index contributed by atoms with van der Waals surface area (Å²) in [7, 11) is 1.65. The van der Waals surface area contributed by atoms with E-state index in [1.165, 1.54) is 0 Å². The van der Waals surface area contributed by atoms with Gasteiger partial charge in [-0.3, -0.25) is 0 Å². The van der Waals surface area contributed by atoms with E-state index in [-0.39, 0.29) is 0 Å². The zero-order valence-electron chi connectivity index (χ0n) is 8.49. The van der Waals surface area contributed by atoms with Gasteiger partial charge in [-0.1, -0.05) is 0 Å². The highest BCUT2D eigenvalue weighted by Gasteiger charge is 2.04. The smallest absolute Gasteiger partial charge is 0.295 e. The molecule has 2 aromatic rings. The van der Waals surface area contributed by atoms with E-state index in [1.807, 2.05) is 0 Å². The summed E-state index contributed by atoms with van der Waals surface area (Å²) in [4.78, 5) is 4.23. The molecule has 0 bridgehead atoms. The first-order valence-corrected chi connectivity index (χ1v) is 4.68. The third kappa shape index (κ3) is 2.19. The molecule has 2 rings (SSSR count). The number of nitrogens with two attached hydrogens (primary N) is 1. The first-order chi connectivity index (χ1) is 7.29. The van der Waals surface area contributed by atoms with Crippen molar-refractivity contribution in [1.82, 2.24) is 4.98 Å².